The van der Waals surface area contributed by atoms with Crippen LogP contribution in [0.15, 0.2) is 54.6 Å². The highest BCUT2D eigenvalue weighted by atomic mass is 16.5. The van der Waals surface area contributed by atoms with Crippen LogP contribution in [0.3, 0.4) is 0 Å². The Labute approximate surface area is 139 Å². The van der Waals surface area contributed by atoms with E-state index in [1.54, 1.807) is 24.3 Å². The van der Waals surface area contributed by atoms with Gasteiger partial charge < -0.3 is 14.6 Å². The number of carbonyl (C=O) groups is 2. The van der Waals surface area contributed by atoms with Crippen LogP contribution in [-0.2, 0) is 26.3 Å². The van der Waals surface area contributed by atoms with Crippen LogP contribution in [0.4, 0.5) is 0 Å². The zero-order chi connectivity index (χ0) is 17.2. The number of carbonyl (C=O) groups excluding carboxylic acids is 1. The summed E-state index contributed by atoms with van der Waals surface area (Å²) in [6.07, 6.45) is 0.247. The normalized spacial score (nSPS) is 21.8. The predicted molar refractivity (Wildman–Crippen MR) is 86.7 cm³/mol. The summed E-state index contributed by atoms with van der Waals surface area (Å²) in [6, 6.07) is 16.7. The number of carboxylic acids is 1. The van der Waals surface area contributed by atoms with Crippen molar-refractivity contribution >= 4 is 11.9 Å². The number of ether oxygens (including phenoxy) is 2. The van der Waals surface area contributed by atoms with E-state index in [0.717, 1.165) is 5.56 Å². The highest BCUT2D eigenvalue weighted by molar-refractivity contribution is 5.95. The molecule has 0 heterocycles. The fourth-order valence-corrected chi connectivity index (χ4v) is 3.01. The van der Waals surface area contributed by atoms with E-state index in [-0.39, 0.29) is 6.42 Å². The van der Waals surface area contributed by atoms with Crippen LogP contribution in [-0.4, -0.2) is 24.2 Å². The molecule has 1 aliphatic rings. The maximum atomic E-state index is 12.2. The van der Waals surface area contributed by atoms with Crippen LogP contribution < -0.4 is 4.74 Å². The highest BCUT2D eigenvalue weighted by Crippen LogP contribution is 2.55. The second-order valence-electron chi connectivity index (χ2n) is 5.86. The number of hydrogen-bond donors (Lipinski definition) is 1. The average Bonchev–Trinajstić information content (AvgIpc) is 3.38. The first-order valence-corrected chi connectivity index (χ1v) is 7.66. The van der Waals surface area contributed by atoms with Crippen LogP contribution in [0.25, 0.3) is 0 Å². The van der Waals surface area contributed by atoms with Gasteiger partial charge in [0.25, 0.3) is 0 Å². The van der Waals surface area contributed by atoms with Gasteiger partial charge in [0.15, 0.2) is 0 Å². The van der Waals surface area contributed by atoms with E-state index < -0.39 is 23.3 Å². The maximum absolute atomic E-state index is 12.2. The molecule has 1 saturated carbocycles. The minimum atomic E-state index is -1.10. The third kappa shape index (κ3) is 2.85. The largest absolute Gasteiger partial charge is 0.489 e. The van der Waals surface area contributed by atoms with Gasteiger partial charge in [-0.15, -0.1) is 0 Å². The summed E-state index contributed by atoms with van der Waals surface area (Å²) < 4.78 is 10.6. The van der Waals surface area contributed by atoms with Crippen molar-refractivity contribution in [2.45, 2.75) is 18.4 Å². The van der Waals surface area contributed by atoms with Crippen molar-refractivity contribution in [1.82, 2.24) is 0 Å². The zero-order valence-electron chi connectivity index (χ0n) is 13.3. The van der Waals surface area contributed by atoms with E-state index in [0.29, 0.717) is 17.9 Å². The van der Waals surface area contributed by atoms with Crippen molar-refractivity contribution in [2.24, 2.45) is 5.92 Å². The molecular weight excluding hydrogens is 308 g/mol. The lowest BCUT2D eigenvalue weighted by molar-refractivity contribution is -0.148. The number of carboxylic acid groups (broad SMARTS) is 1. The first kappa shape index (κ1) is 16.1. The second kappa shape index (κ2) is 6.35. The Morgan fingerprint density at radius 3 is 2.54 bits per heavy atom. The predicted octanol–water partition coefficient (Wildman–Crippen LogP) is 2.78. The molecule has 5 heteroatoms. The Morgan fingerprint density at radius 2 is 1.92 bits per heavy atom. The molecule has 1 N–H and O–H groups in total. The van der Waals surface area contributed by atoms with Gasteiger partial charge in [0.1, 0.15) is 17.8 Å². The summed E-state index contributed by atoms with van der Waals surface area (Å²) in [5.74, 6) is -1.67. The average molecular weight is 326 g/mol. The summed E-state index contributed by atoms with van der Waals surface area (Å²) in [7, 11) is 1.27. The minimum absolute atomic E-state index is 0.247. The fourth-order valence-electron chi connectivity index (χ4n) is 3.01. The minimum Gasteiger partial charge on any atom is -0.489 e. The standard InChI is InChI=1S/C19H18O5/c1-23-18(22)19(11-16(19)17(20)21)14-8-5-9-15(10-14)24-12-13-6-3-2-4-7-13/h2-10,16H,11-12H2,1H3,(H,20,21). The number of aliphatic carboxylic acids is 1. The molecule has 2 aromatic rings. The highest BCUT2D eigenvalue weighted by Gasteiger charge is 2.66. The number of hydrogen-bond acceptors (Lipinski definition) is 4. The summed E-state index contributed by atoms with van der Waals surface area (Å²) in [5, 5.41) is 9.28. The fraction of sp³-hybridized carbons (Fsp3) is 0.263. The van der Waals surface area contributed by atoms with Crippen molar-refractivity contribution in [3.63, 3.8) is 0 Å². The summed E-state index contributed by atoms with van der Waals surface area (Å²) >= 11 is 0. The van der Waals surface area contributed by atoms with Crippen molar-refractivity contribution in [2.75, 3.05) is 7.11 Å². The Bertz CT molecular complexity index is 755. The Balaban J connectivity index is 1.82. The van der Waals surface area contributed by atoms with Crippen LogP contribution in [0.5, 0.6) is 5.75 Å². The van der Waals surface area contributed by atoms with Gasteiger partial charge >= 0.3 is 11.9 Å². The number of rotatable bonds is 6. The smallest absolute Gasteiger partial charge is 0.317 e. The molecule has 1 fully saturated rings. The van der Waals surface area contributed by atoms with Crippen molar-refractivity contribution in [1.29, 1.82) is 0 Å². The molecule has 2 unspecified atom stereocenters. The van der Waals surface area contributed by atoms with Gasteiger partial charge in [-0.05, 0) is 29.7 Å². The molecule has 5 nitrogen and oxygen atoms in total. The number of esters is 1. The molecule has 0 aliphatic heterocycles. The molecule has 1 aliphatic carbocycles. The van der Waals surface area contributed by atoms with Gasteiger partial charge in [0.05, 0.1) is 13.0 Å². The zero-order valence-corrected chi connectivity index (χ0v) is 13.3. The molecule has 2 atom stereocenters. The Morgan fingerprint density at radius 1 is 1.17 bits per heavy atom. The lowest BCUT2D eigenvalue weighted by atomic mass is 9.93. The monoisotopic (exact) mass is 326 g/mol. The summed E-state index contributed by atoms with van der Waals surface area (Å²) in [4.78, 5) is 23.5. The molecule has 124 valence electrons. The van der Waals surface area contributed by atoms with E-state index in [2.05, 4.69) is 0 Å². The maximum Gasteiger partial charge on any atom is 0.317 e. The van der Waals surface area contributed by atoms with E-state index in [4.69, 9.17) is 9.47 Å². The van der Waals surface area contributed by atoms with Crippen LogP contribution in [0.2, 0.25) is 0 Å². The Kier molecular flexibility index (Phi) is 4.25. The third-order valence-electron chi connectivity index (χ3n) is 4.41. The first-order valence-electron chi connectivity index (χ1n) is 7.66. The van der Waals surface area contributed by atoms with Gasteiger partial charge in [-0.1, -0.05) is 42.5 Å². The molecule has 0 saturated heterocycles. The second-order valence-corrected chi connectivity index (χ2v) is 5.86. The van der Waals surface area contributed by atoms with Gasteiger partial charge in [-0.2, -0.15) is 0 Å². The van der Waals surface area contributed by atoms with Crippen molar-refractivity contribution in [3.05, 3.63) is 65.7 Å². The molecule has 3 rings (SSSR count). The van der Waals surface area contributed by atoms with E-state index >= 15 is 0 Å². The Hall–Kier alpha value is -2.82. The van der Waals surface area contributed by atoms with Gasteiger partial charge in [0.2, 0.25) is 0 Å². The number of benzene rings is 2. The molecule has 2 aromatic carbocycles. The third-order valence-corrected chi connectivity index (χ3v) is 4.41. The molecule has 24 heavy (non-hydrogen) atoms. The topological polar surface area (TPSA) is 72.8 Å². The van der Waals surface area contributed by atoms with Crippen molar-refractivity contribution in [3.8, 4) is 5.75 Å². The molecular formula is C19H18O5. The molecule has 0 amide bonds. The lowest BCUT2D eigenvalue weighted by Crippen LogP contribution is -2.27. The molecule has 0 aromatic heterocycles. The van der Waals surface area contributed by atoms with E-state index in [1.807, 2.05) is 30.3 Å². The van der Waals surface area contributed by atoms with Gasteiger partial charge in [-0.3, -0.25) is 9.59 Å². The van der Waals surface area contributed by atoms with Crippen LogP contribution in [0, 0.1) is 5.92 Å². The van der Waals surface area contributed by atoms with Gasteiger partial charge in [0, 0.05) is 0 Å². The van der Waals surface area contributed by atoms with E-state index in [1.165, 1.54) is 7.11 Å². The van der Waals surface area contributed by atoms with Crippen molar-refractivity contribution < 1.29 is 24.2 Å². The molecule has 0 bridgehead atoms. The van der Waals surface area contributed by atoms with Crippen LogP contribution >= 0.6 is 0 Å². The van der Waals surface area contributed by atoms with Crippen LogP contribution in [0.1, 0.15) is 17.5 Å². The molecule has 0 spiro atoms. The van der Waals surface area contributed by atoms with E-state index in [9.17, 15) is 14.7 Å². The lowest BCUT2D eigenvalue weighted by Gasteiger charge is -2.16. The quantitative estimate of drug-likeness (QED) is 0.826. The summed E-state index contributed by atoms with van der Waals surface area (Å²) in [5.41, 5.74) is 0.542. The van der Waals surface area contributed by atoms with Gasteiger partial charge in [-0.25, -0.2) is 0 Å². The first-order chi connectivity index (χ1) is 11.6. The molecule has 0 radical (unpaired) electrons. The SMILES string of the molecule is COC(=O)C1(c2cccc(OCc3ccccc3)c2)CC1C(=O)O. The number of methoxy groups -OCH3 is 1. The summed E-state index contributed by atoms with van der Waals surface area (Å²) in [6.45, 7) is 0.401.